The third-order valence-electron chi connectivity index (χ3n) is 3.05. The summed E-state index contributed by atoms with van der Waals surface area (Å²) in [5, 5.41) is 4.16. The van der Waals surface area contributed by atoms with Crippen LogP contribution >= 0.6 is 0 Å². The first-order valence-corrected chi connectivity index (χ1v) is 5.85. The van der Waals surface area contributed by atoms with Gasteiger partial charge in [0.1, 0.15) is 5.52 Å². The summed E-state index contributed by atoms with van der Waals surface area (Å²) in [5.41, 5.74) is 10.1. The van der Waals surface area contributed by atoms with Crippen LogP contribution in [0.3, 0.4) is 0 Å². The van der Waals surface area contributed by atoms with Crippen molar-refractivity contribution in [2.45, 2.75) is 0 Å². The molecule has 3 aromatic rings. The lowest BCUT2D eigenvalue weighted by molar-refractivity contribution is 0.802. The number of nitrogens with two attached hydrogens (primary N) is 1. The normalized spacial score (nSPS) is 10.5. The van der Waals surface area contributed by atoms with Gasteiger partial charge in [-0.3, -0.25) is 4.68 Å². The van der Waals surface area contributed by atoms with Crippen LogP contribution in [-0.2, 0) is 7.05 Å². The van der Waals surface area contributed by atoms with Crippen molar-refractivity contribution in [1.29, 1.82) is 0 Å². The predicted octanol–water partition coefficient (Wildman–Crippen LogP) is 2.20. The third-order valence-corrected chi connectivity index (χ3v) is 3.05. The molecule has 0 aliphatic carbocycles. The van der Waals surface area contributed by atoms with E-state index in [-0.39, 0.29) is 0 Å². The molecule has 1 aromatic carbocycles. The number of benzene rings is 1. The number of fused-ring (bicyclic) bond motifs is 1. The Balaban J connectivity index is 2.20. The van der Waals surface area contributed by atoms with Gasteiger partial charge in [-0.2, -0.15) is 5.10 Å². The van der Waals surface area contributed by atoms with Gasteiger partial charge in [-0.05, 0) is 24.3 Å². The minimum Gasteiger partial charge on any atom is -0.380 e. The molecule has 0 aliphatic rings. The molecule has 2 N–H and O–H groups in total. The van der Waals surface area contributed by atoms with E-state index in [1.807, 2.05) is 43.4 Å². The second kappa shape index (κ2) is 4.14. The summed E-state index contributed by atoms with van der Waals surface area (Å²) in [6.45, 7) is 0. The fraction of sp³-hybridized carbons (Fsp3) is 0.0667. The lowest BCUT2D eigenvalue weighted by Gasteiger charge is -2.02. The van der Waals surface area contributed by atoms with E-state index in [9.17, 15) is 0 Å². The summed E-state index contributed by atoms with van der Waals surface area (Å²) >= 11 is 0. The maximum Gasteiger partial charge on any atom is 0.172 e. The Labute approximate surface area is 110 Å². The smallest absolute Gasteiger partial charge is 0.172 e. The van der Waals surface area contributed by atoms with Crippen molar-refractivity contribution in [3.63, 3.8) is 0 Å². The highest BCUT2D eigenvalue weighted by molar-refractivity contribution is 5.87. The fourth-order valence-corrected chi connectivity index (χ4v) is 2.09. The van der Waals surface area contributed by atoms with E-state index < -0.39 is 0 Å². The van der Waals surface area contributed by atoms with Gasteiger partial charge in [0.2, 0.25) is 0 Å². The first-order valence-electron chi connectivity index (χ1n) is 5.85. The molecule has 0 fully saturated rings. The number of aromatic nitrogens is 3. The summed E-state index contributed by atoms with van der Waals surface area (Å²) in [6, 6.07) is 11.6. The van der Waals surface area contributed by atoms with E-state index in [2.05, 4.69) is 16.0 Å². The summed E-state index contributed by atoms with van der Waals surface area (Å²) in [6.07, 6.45) is 5.41. The molecule has 19 heavy (non-hydrogen) atoms. The average molecular weight is 248 g/mol. The molecule has 0 bridgehead atoms. The Bertz CT molecular complexity index is 809. The van der Waals surface area contributed by atoms with Gasteiger partial charge >= 0.3 is 0 Å². The molecule has 0 unspecified atom stereocenters. The molecule has 4 nitrogen and oxygen atoms in total. The summed E-state index contributed by atoms with van der Waals surface area (Å²) in [5.74, 6) is 3.06. The maximum atomic E-state index is 5.85. The molecule has 2 heterocycles. The van der Waals surface area contributed by atoms with Crippen LogP contribution in [-0.4, -0.2) is 14.8 Å². The number of pyridine rings is 1. The molecule has 0 saturated heterocycles. The summed E-state index contributed by atoms with van der Waals surface area (Å²) in [7, 11) is 1.85. The molecule has 0 radical (unpaired) electrons. The van der Waals surface area contributed by atoms with Gasteiger partial charge in [0.15, 0.2) is 5.82 Å². The van der Waals surface area contributed by atoms with E-state index in [0.717, 1.165) is 22.3 Å². The SMILES string of the molecule is C#Cc1cccc(-c2ccc3c(n2)c(N)nn3C)c1. The highest BCUT2D eigenvalue weighted by atomic mass is 15.3. The zero-order valence-electron chi connectivity index (χ0n) is 10.5. The van der Waals surface area contributed by atoms with E-state index in [0.29, 0.717) is 11.3 Å². The molecule has 3 rings (SSSR count). The van der Waals surface area contributed by atoms with Gasteiger partial charge in [0.25, 0.3) is 0 Å². The Morgan fingerprint density at radius 2 is 2.11 bits per heavy atom. The van der Waals surface area contributed by atoms with Gasteiger partial charge in [-0.1, -0.05) is 18.1 Å². The van der Waals surface area contributed by atoms with Crippen LogP contribution in [0.1, 0.15) is 5.56 Å². The summed E-state index contributed by atoms with van der Waals surface area (Å²) in [4.78, 5) is 4.56. The monoisotopic (exact) mass is 248 g/mol. The predicted molar refractivity (Wildman–Crippen MR) is 76.3 cm³/mol. The Kier molecular flexibility index (Phi) is 2.46. The molecule has 4 heteroatoms. The molecule has 0 atom stereocenters. The van der Waals surface area contributed by atoms with Crippen molar-refractivity contribution in [2.24, 2.45) is 7.05 Å². The average Bonchev–Trinajstić information content (AvgIpc) is 2.74. The Morgan fingerprint density at radius 1 is 1.26 bits per heavy atom. The van der Waals surface area contributed by atoms with Crippen LogP contribution < -0.4 is 5.73 Å². The molecule has 0 saturated carbocycles. The largest absolute Gasteiger partial charge is 0.380 e. The third kappa shape index (κ3) is 1.81. The van der Waals surface area contributed by atoms with Crippen LogP contribution in [0.25, 0.3) is 22.3 Å². The molecule has 92 valence electrons. The number of anilines is 1. The van der Waals surface area contributed by atoms with Gasteiger partial charge in [-0.15, -0.1) is 6.42 Å². The molecule has 2 aromatic heterocycles. The van der Waals surface area contributed by atoms with Crippen LogP contribution in [0.15, 0.2) is 36.4 Å². The molecule has 0 amide bonds. The van der Waals surface area contributed by atoms with Crippen LogP contribution in [0.5, 0.6) is 0 Å². The zero-order chi connectivity index (χ0) is 13.4. The van der Waals surface area contributed by atoms with Gasteiger partial charge < -0.3 is 5.73 Å². The van der Waals surface area contributed by atoms with E-state index >= 15 is 0 Å². The van der Waals surface area contributed by atoms with Crippen molar-refractivity contribution in [3.05, 3.63) is 42.0 Å². The lowest BCUT2D eigenvalue weighted by atomic mass is 10.1. The minimum atomic E-state index is 0.437. The molecule has 0 aliphatic heterocycles. The number of terminal acetylenes is 1. The van der Waals surface area contributed by atoms with Crippen molar-refractivity contribution >= 4 is 16.9 Å². The van der Waals surface area contributed by atoms with E-state index in [4.69, 9.17) is 12.2 Å². The quantitative estimate of drug-likeness (QED) is 0.672. The zero-order valence-corrected chi connectivity index (χ0v) is 10.5. The van der Waals surface area contributed by atoms with E-state index in [1.54, 1.807) is 4.68 Å². The number of nitrogens with zero attached hydrogens (tertiary/aromatic N) is 3. The molecule has 0 spiro atoms. The van der Waals surface area contributed by atoms with Crippen molar-refractivity contribution in [3.8, 4) is 23.6 Å². The Morgan fingerprint density at radius 3 is 2.89 bits per heavy atom. The minimum absolute atomic E-state index is 0.437. The number of rotatable bonds is 1. The van der Waals surface area contributed by atoms with Gasteiger partial charge in [-0.25, -0.2) is 4.98 Å². The number of nitrogen functional groups attached to an aromatic ring is 1. The number of hydrogen-bond donors (Lipinski definition) is 1. The van der Waals surface area contributed by atoms with Gasteiger partial charge in [0.05, 0.1) is 11.2 Å². The highest BCUT2D eigenvalue weighted by Gasteiger charge is 2.09. The van der Waals surface area contributed by atoms with Crippen molar-refractivity contribution in [2.75, 3.05) is 5.73 Å². The second-order valence-corrected chi connectivity index (χ2v) is 4.30. The second-order valence-electron chi connectivity index (χ2n) is 4.30. The van der Waals surface area contributed by atoms with Gasteiger partial charge in [0, 0.05) is 18.2 Å². The summed E-state index contributed by atoms with van der Waals surface area (Å²) < 4.78 is 1.72. The lowest BCUT2D eigenvalue weighted by Crippen LogP contribution is -1.91. The van der Waals surface area contributed by atoms with Crippen molar-refractivity contribution in [1.82, 2.24) is 14.8 Å². The molecular weight excluding hydrogens is 236 g/mol. The van der Waals surface area contributed by atoms with Crippen LogP contribution in [0.2, 0.25) is 0 Å². The number of hydrogen-bond acceptors (Lipinski definition) is 3. The topological polar surface area (TPSA) is 56.7 Å². The fourth-order valence-electron chi connectivity index (χ4n) is 2.09. The molecular formula is C15H12N4. The maximum absolute atomic E-state index is 5.85. The van der Waals surface area contributed by atoms with E-state index in [1.165, 1.54) is 0 Å². The Hall–Kier alpha value is -2.80. The number of aryl methyl sites for hydroxylation is 1. The van der Waals surface area contributed by atoms with Crippen LogP contribution in [0, 0.1) is 12.3 Å². The first kappa shape index (κ1) is 11.3. The van der Waals surface area contributed by atoms with Crippen molar-refractivity contribution < 1.29 is 0 Å². The van der Waals surface area contributed by atoms with Crippen LogP contribution in [0.4, 0.5) is 5.82 Å². The highest BCUT2D eigenvalue weighted by Crippen LogP contribution is 2.24. The standard InChI is InChI=1S/C15H12N4/c1-3-10-5-4-6-11(9-10)12-7-8-13-14(17-12)15(16)18-19(13)2/h1,4-9H,2H3,(H2,16,18). The first-order chi connectivity index (χ1) is 9.19.